The largest absolute Gasteiger partial charge is 0.462 e. The maximum absolute atomic E-state index is 12.5. The number of pyridine rings is 1. The summed E-state index contributed by atoms with van der Waals surface area (Å²) in [5, 5.41) is 3.52. The molecule has 8 heteroatoms. The van der Waals surface area contributed by atoms with Crippen molar-refractivity contribution in [2.75, 3.05) is 29.1 Å². The van der Waals surface area contributed by atoms with E-state index in [-0.39, 0.29) is 24.1 Å². The predicted molar refractivity (Wildman–Crippen MR) is 108 cm³/mol. The average Bonchev–Trinajstić information content (AvgIpc) is 2.64. The number of carbonyl (C=O) groups excluding carboxylic acids is 3. The monoisotopic (exact) mass is 399 g/mol. The molecule has 2 amide bonds. The summed E-state index contributed by atoms with van der Waals surface area (Å²) in [5.41, 5.74) is 3.43. The Kier molecular flexibility index (Phi) is 5.99. The second-order valence-corrected chi connectivity index (χ2v) is 7.31. The number of fused-ring (bicyclic) bond motifs is 1. The fourth-order valence-corrected chi connectivity index (χ4v) is 4.01. The molecule has 0 radical (unpaired) electrons. The van der Waals surface area contributed by atoms with Gasteiger partial charge in [0.25, 0.3) is 0 Å². The lowest BCUT2D eigenvalue weighted by molar-refractivity contribution is -0.120. The Hall–Kier alpha value is -2.87. The molecule has 7 nitrogen and oxygen atoms in total. The number of esters is 1. The maximum Gasteiger partial charge on any atom is 0.338 e. The first kappa shape index (κ1) is 19.9. The molecule has 0 unspecified atom stereocenters. The van der Waals surface area contributed by atoms with Gasteiger partial charge in [0.15, 0.2) is 0 Å². The first-order chi connectivity index (χ1) is 13.4. The number of rotatable bonds is 5. The Balaban J connectivity index is 1.72. The van der Waals surface area contributed by atoms with Crippen LogP contribution in [-0.2, 0) is 14.3 Å². The molecule has 2 aromatic rings. The zero-order chi connectivity index (χ0) is 20.3. The van der Waals surface area contributed by atoms with Crippen LogP contribution in [0.2, 0.25) is 0 Å². The van der Waals surface area contributed by atoms with Crippen molar-refractivity contribution in [1.82, 2.24) is 4.98 Å². The minimum Gasteiger partial charge on any atom is -0.462 e. The third-order valence-corrected chi connectivity index (χ3v) is 5.11. The molecule has 0 bridgehead atoms. The number of hydrogen-bond donors (Lipinski definition) is 1. The van der Waals surface area contributed by atoms with Gasteiger partial charge in [-0.1, -0.05) is 11.8 Å². The van der Waals surface area contributed by atoms with E-state index in [1.807, 2.05) is 19.9 Å². The predicted octanol–water partition coefficient (Wildman–Crippen LogP) is 2.95. The van der Waals surface area contributed by atoms with Crippen molar-refractivity contribution in [2.24, 2.45) is 0 Å². The number of aryl methyl sites for hydroxylation is 2. The smallest absolute Gasteiger partial charge is 0.338 e. The molecule has 0 spiro atoms. The highest BCUT2D eigenvalue weighted by Gasteiger charge is 2.29. The first-order valence-electron chi connectivity index (χ1n) is 8.87. The first-order valence-corrected chi connectivity index (χ1v) is 9.86. The van der Waals surface area contributed by atoms with Crippen LogP contribution in [0.25, 0.3) is 0 Å². The van der Waals surface area contributed by atoms with Crippen molar-refractivity contribution >= 4 is 40.9 Å². The van der Waals surface area contributed by atoms with Gasteiger partial charge >= 0.3 is 5.97 Å². The van der Waals surface area contributed by atoms with Gasteiger partial charge in [0.05, 0.1) is 23.6 Å². The van der Waals surface area contributed by atoms with Crippen LogP contribution in [0.5, 0.6) is 0 Å². The van der Waals surface area contributed by atoms with Crippen molar-refractivity contribution in [2.45, 2.75) is 25.8 Å². The van der Waals surface area contributed by atoms with Crippen LogP contribution in [0.15, 0.2) is 35.4 Å². The minimum absolute atomic E-state index is 0.0996. The van der Waals surface area contributed by atoms with Crippen LogP contribution in [0.4, 0.5) is 11.4 Å². The molecule has 1 aliphatic heterocycles. The topological polar surface area (TPSA) is 88.6 Å². The lowest BCUT2D eigenvalue weighted by Crippen LogP contribution is -2.41. The van der Waals surface area contributed by atoms with E-state index in [2.05, 4.69) is 10.3 Å². The molecule has 1 aromatic carbocycles. The van der Waals surface area contributed by atoms with Gasteiger partial charge in [-0.05, 0) is 56.7 Å². The van der Waals surface area contributed by atoms with Gasteiger partial charge in [0.1, 0.15) is 11.6 Å². The van der Waals surface area contributed by atoms with E-state index in [0.29, 0.717) is 23.5 Å². The van der Waals surface area contributed by atoms with Gasteiger partial charge in [-0.25, -0.2) is 9.78 Å². The normalized spacial score (nSPS) is 13.1. The molecule has 1 aromatic heterocycles. The summed E-state index contributed by atoms with van der Waals surface area (Å²) >= 11 is 1.39. The Labute approximate surface area is 167 Å². The van der Waals surface area contributed by atoms with Gasteiger partial charge in [0.2, 0.25) is 11.8 Å². The van der Waals surface area contributed by atoms with E-state index in [9.17, 15) is 14.4 Å². The molecule has 0 fully saturated rings. The molecule has 1 aliphatic rings. The van der Waals surface area contributed by atoms with Crippen LogP contribution < -0.4 is 10.2 Å². The van der Waals surface area contributed by atoms with Crippen molar-refractivity contribution in [3.8, 4) is 0 Å². The molecule has 2 heterocycles. The van der Waals surface area contributed by atoms with E-state index in [4.69, 9.17) is 4.74 Å². The second kappa shape index (κ2) is 8.43. The number of hydrogen-bond acceptors (Lipinski definition) is 6. The standard InChI is InChI=1S/C20H21N3O4S/c1-4-27-20(26)14-5-7-15(8-6-14)22-16(24)10-23-17(25)11-28-19-18(23)12(2)9-13(3)21-19/h5-9H,4,10-11H2,1-3H3,(H,22,24). The van der Waals surface area contributed by atoms with Gasteiger partial charge in [0, 0.05) is 11.4 Å². The fourth-order valence-electron chi connectivity index (χ4n) is 2.97. The summed E-state index contributed by atoms with van der Waals surface area (Å²) in [7, 11) is 0. The molecule has 3 rings (SSSR count). The number of carbonyl (C=O) groups is 3. The number of benzene rings is 1. The van der Waals surface area contributed by atoms with Gasteiger partial charge < -0.3 is 10.1 Å². The molecular weight excluding hydrogens is 378 g/mol. The number of nitrogens with one attached hydrogen (secondary N) is 1. The highest BCUT2D eigenvalue weighted by atomic mass is 32.2. The Morgan fingerprint density at radius 3 is 2.64 bits per heavy atom. The van der Waals surface area contributed by atoms with E-state index >= 15 is 0 Å². The number of amides is 2. The van der Waals surface area contributed by atoms with E-state index in [1.165, 1.54) is 16.7 Å². The Morgan fingerprint density at radius 2 is 1.96 bits per heavy atom. The zero-order valence-corrected chi connectivity index (χ0v) is 16.8. The van der Waals surface area contributed by atoms with Gasteiger partial charge in [-0.2, -0.15) is 0 Å². The molecule has 0 aliphatic carbocycles. The summed E-state index contributed by atoms with van der Waals surface area (Å²) in [4.78, 5) is 42.6. The van der Waals surface area contributed by atoms with Crippen LogP contribution in [0.3, 0.4) is 0 Å². The Morgan fingerprint density at radius 1 is 1.25 bits per heavy atom. The summed E-state index contributed by atoms with van der Waals surface area (Å²) in [6.07, 6.45) is 0. The second-order valence-electron chi connectivity index (χ2n) is 6.35. The van der Waals surface area contributed by atoms with Gasteiger partial charge in [-0.3, -0.25) is 14.5 Å². The number of anilines is 2. The molecular formula is C20H21N3O4S. The number of nitrogens with zero attached hydrogens (tertiary/aromatic N) is 2. The maximum atomic E-state index is 12.5. The van der Waals surface area contributed by atoms with E-state index in [1.54, 1.807) is 31.2 Å². The van der Waals surface area contributed by atoms with Crippen LogP contribution in [-0.4, -0.2) is 41.7 Å². The van der Waals surface area contributed by atoms with Crippen LogP contribution >= 0.6 is 11.8 Å². The third-order valence-electron chi connectivity index (χ3n) is 4.16. The molecule has 28 heavy (non-hydrogen) atoms. The molecule has 146 valence electrons. The van der Waals surface area contributed by atoms with Crippen molar-refractivity contribution in [3.63, 3.8) is 0 Å². The summed E-state index contributed by atoms with van der Waals surface area (Å²) < 4.78 is 4.94. The summed E-state index contributed by atoms with van der Waals surface area (Å²) in [5.74, 6) is -0.606. The van der Waals surface area contributed by atoms with Crippen molar-refractivity contribution < 1.29 is 19.1 Å². The lowest BCUT2D eigenvalue weighted by Gasteiger charge is -2.29. The SMILES string of the molecule is CCOC(=O)c1ccc(NC(=O)CN2C(=O)CSc3nc(C)cc(C)c32)cc1. The molecule has 0 saturated heterocycles. The van der Waals surface area contributed by atoms with E-state index < -0.39 is 5.97 Å². The molecule has 0 atom stereocenters. The lowest BCUT2D eigenvalue weighted by atomic mass is 10.2. The van der Waals surface area contributed by atoms with Crippen molar-refractivity contribution in [3.05, 3.63) is 47.2 Å². The number of aromatic nitrogens is 1. The summed E-state index contributed by atoms with van der Waals surface area (Å²) in [6.45, 7) is 5.75. The zero-order valence-electron chi connectivity index (χ0n) is 15.9. The molecule has 0 saturated carbocycles. The Bertz CT molecular complexity index is 928. The summed E-state index contributed by atoms with van der Waals surface area (Å²) in [6, 6.07) is 8.33. The average molecular weight is 399 g/mol. The highest BCUT2D eigenvalue weighted by molar-refractivity contribution is 8.00. The van der Waals surface area contributed by atoms with E-state index in [0.717, 1.165) is 16.3 Å². The van der Waals surface area contributed by atoms with Gasteiger partial charge in [-0.15, -0.1) is 0 Å². The minimum atomic E-state index is -0.410. The van der Waals surface area contributed by atoms with Crippen molar-refractivity contribution in [1.29, 1.82) is 0 Å². The highest BCUT2D eigenvalue weighted by Crippen LogP contribution is 2.36. The van der Waals surface area contributed by atoms with Crippen LogP contribution in [0, 0.1) is 13.8 Å². The van der Waals surface area contributed by atoms with Crippen LogP contribution in [0.1, 0.15) is 28.5 Å². The number of thioether (sulfide) groups is 1. The number of ether oxygens (including phenoxy) is 1. The molecule has 1 N–H and O–H groups in total. The quantitative estimate of drug-likeness (QED) is 0.778. The fraction of sp³-hybridized carbons (Fsp3) is 0.300. The third kappa shape index (κ3) is 4.33.